The molecule has 0 spiro atoms. The number of nitrogens with one attached hydrogen (secondary N) is 1. The molecule has 6 heteroatoms. The Hall–Kier alpha value is -3.12. The van der Waals surface area contributed by atoms with Crippen LogP contribution >= 0.6 is 0 Å². The van der Waals surface area contributed by atoms with Gasteiger partial charge < -0.3 is 20.6 Å². The minimum absolute atomic E-state index is 0.176. The highest BCUT2D eigenvalue weighted by Crippen LogP contribution is 2.37. The predicted molar refractivity (Wildman–Crippen MR) is 113 cm³/mol. The third kappa shape index (κ3) is 4.03. The first-order valence-electron chi connectivity index (χ1n) is 9.88. The number of aromatic nitrogens is 2. The van der Waals surface area contributed by atoms with E-state index in [9.17, 15) is 15.3 Å². The molecule has 0 bridgehead atoms. The first-order chi connectivity index (χ1) is 13.9. The Balaban J connectivity index is 1.83. The zero-order valence-electron chi connectivity index (χ0n) is 16.6. The molecule has 3 aromatic rings. The monoisotopic (exact) mass is 391 g/mol. The topological polar surface area (TPSA) is 98.5 Å². The molecule has 0 aliphatic heterocycles. The number of rotatable bonds is 5. The average Bonchev–Trinajstić information content (AvgIpc) is 2.67. The van der Waals surface area contributed by atoms with Crippen molar-refractivity contribution in [3.05, 3.63) is 53.7 Å². The van der Waals surface area contributed by atoms with Gasteiger partial charge in [-0.2, -0.15) is 0 Å². The zero-order valence-corrected chi connectivity index (χ0v) is 16.6. The van der Waals surface area contributed by atoms with Crippen molar-refractivity contribution in [2.75, 3.05) is 5.32 Å². The molecule has 1 aromatic heterocycles. The molecule has 1 atom stereocenters. The number of hydrogen-bond donors (Lipinski definition) is 4. The summed E-state index contributed by atoms with van der Waals surface area (Å²) in [5.74, 6) is 1.29. The Labute approximate surface area is 169 Å². The van der Waals surface area contributed by atoms with Gasteiger partial charge in [0.1, 0.15) is 23.4 Å². The van der Waals surface area contributed by atoms with E-state index in [-0.39, 0.29) is 11.5 Å². The SMILES string of the molecule is CC(C)CC(O)Nc1nc2c(nc1-c1ccc(O)cc1)-c1ccc(O)cc1CC2. The number of anilines is 1. The van der Waals surface area contributed by atoms with Gasteiger partial charge in [-0.15, -0.1) is 0 Å². The Bertz CT molecular complexity index is 1030. The van der Waals surface area contributed by atoms with E-state index in [0.717, 1.165) is 34.5 Å². The lowest BCUT2D eigenvalue weighted by Gasteiger charge is -2.23. The molecule has 2 aromatic carbocycles. The molecule has 1 aliphatic carbocycles. The summed E-state index contributed by atoms with van der Waals surface area (Å²) in [5, 5.41) is 33.0. The van der Waals surface area contributed by atoms with Crippen molar-refractivity contribution in [3.63, 3.8) is 0 Å². The van der Waals surface area contributed by atoms with Crippen LogP contribution in [0.15, 0.2) is 42.5 Å². The third-order valence-corrected chi connectivity index (χ3v) is 5.08. The largest absolute Gasteiger partial charge is 0.508 e. The number of phenolic OH excluding ortho intramolecular Hbond substituents is 2. The number of aliphatic hydroxyl groups excluding tert-OH is 1. The van der Waals surface area contributed by atoms with Crippen LogP contribution in [-0.2, 0) is 12.8 Å². The van der Waals surface area contributed by atoms with Crippen molar-refractivity contribution in [1.29, 1.82) is 0 Å². The quantitative estimate of drug-likeness (QED) is 0.489. The maximum absolute atomic E-state index is 10.4. The predicted octanol–water partition coefficient (Wildman–Crippen LogP) is 4.10. The van der Waals surface area contributed by atoms with Crippen LogP contribution in [0.3, 0.4) is 0 Å². The average molecular weight is 391 g/mol. The van der Waals surface area contributed by atoms with Crippen LogP contribution in [0.1, 0.15) is 31.5 Å². The van der Waals surface area contributed by atoms with E-state index in [1.165, 1.54) is 0 Å². The van der Waals surface area contributed by atoms with E-state index in [4.69, 9.17) is 9.97 Å². The molecule has 0 saturated heterocycles. The van der Waals surface area contributed by atoms with Crippen LogP contribution in [0.2, 0.25) is 0 Å². The van der Waals surface area contributed by atoms with Crippen molar-refractivity contribution in [3.8, 4) is 34.0 Å². The fraction of sp³-hybridized carbons (Fsp3) is 0.304. The minimum Gasteiger partial charge on any atom is -0.508 e. The Morgan fingerprint density at radius 3 is 2.38 bits per heavy atom. The highest BCUT2D eigenvalue weighted by Gasteiger charge is 2.23. The fourth-order valence-electron chi connectivity index (χ4n) is 3.72. The van der Waals surface area contributed by atoms with Gasteiger partial charge in [-0.1, -0.05) is 13.8 Å². The molecule has 4 N–H and O–H groups in total. The van der Waals surface area contributed by atoms with Gasteiger partial charge in [-0.05, 0) is 73.2 Å². The van der Waals surface area contributed by atoms with E-state index in [1.807, 2.05) is 6.07 Å². The van der Waals surface area contributed by atoms with Gasteiger partial charge in [0, 0.05) is 11.1 Å². The summed E-state index contributed by atoms with van der Waals surface area (Å²) in [6.45, 7) is 4.10. The van der Waals surface area contributed by atoms with Crippen molar-refractivity contribution in [2.45, 2.75) is 39.3 Å². The van der Waals surface area contributed by atoms with Crippen molar-refractivity contribution in [2.24, 2.45) is 5.92 Å². The van der Waals surface area contributed by atoms with Gasteiger partial charge in [0.25, 0.3) is 0 Å². The number of nitrogens with zero attached hydrogens (tertiary/aromatic N) is 2. The Morgan fingerprint density at radius 2 is 1.66 bits per heavy atom. The van der Waals surface area contributed by atoms with E-state index in [0.29, 0.717) is 30.3 Å². The Kier molecular flexibility index (Phi) is 5.11. The summed E-state index contributed by atoms with van der Waals surface area (Å²) in [5.41, 5.74) is 5.08. The maximum Gasteiger partial charge on any atom is 0.154 e. The highest BCUT2D eigenvalue weighted by atomic mass is 16.3. The summed E-state index contributed by atoms with van der Waals surface area (Å²) in [7, 11) is 0. The van der Waals surface area contributed by atoms with Crippen molar-refractivity contribution in [1.82, 2.24) is 9.97 Å². The normalized spacial score (nSPS) is 13.7. The van der Waals surface area contributed by atoms with Crippen LogP contribution in [0, 0.1) is 5.92 Å². The van der Waals surface area contributed by atoms with Crippen LogP contribution in [0.25, 0.3) is 22.5 Å². The molecular weight excluding hydrogens is 366 g/mol. The van der Waals surface area contributed by atoms with Gasteiger partial charge in [0.05, 0.1) is 11.4 Å². The van der Waals surface area contributed by atoms with Gasteiger partial charge in [-0.25, -0.2) is 9.97 Å². The minimum atomic E-state index is -0.731. The zero-order chi connectivity index (χ0) is 20.5. The van der Waals surface area contributed by atoms with E-state index in [1.54, 1.807) is 36.4 Å². The fourth-order valence-corrected chi connectivity index (χ4v) is 3.72. The van der Waals surface area contributed by atoms with E-state index >= 15 is 0 Å². The molecule has 0 saturated carbocycles. The summed E-state index contributed by atoms with van der Waals surface area (Å²) in [6, 6.07) is 12.1. The number of hydrogen-bond acceptors (Lipinski definition) is 6. The summed E-state index contributed by atoms with van der Waals surface area (Å²) in [4.78, 5) is 9.74. The van der Waals surface area contributed by atoms with Crippen molar-refractivity contribution >= 4 is 5.82 Å². The first kappa shape index (κ1) is 19.2. The van der Waals surface area contributed by atoms with Crippen LogP contribution in [0.4, 0.5) is 5.82 Å². The lowest BCUT2D eigenvalue weighted by Crippen LogP contribution is -2.23. The molecular formula is C23H25N3O3. The van der Waals surface area contributed by atoms with Gasteiger partial charge in [0.2, 0.25) is 0 Å². The second-order valence-electron chi connectivity index (χ2n) is 7.89. The molecule has 6 nitrogen and oxygen atoms in total. The third-order valence-electron chi connectivity index (χ3n) is 5.08. The molecule has 4 rings (SSSR count). The smallest absolute Gasteiger partial charge is 0.154 e. The molecule has 0 fully saturated rings. The Morgan fingerprint density at radius 1 is 0.931 bits per heavy atom. The van der Waals surface area contributed by atoms with E-state index in [2.05, 4.69) is 19.2 Å². The van der Waals surface area contributed by atoms with Crippen molar-refractivity contribution < 1.29 is 15.3 Å². The van der Waals surface area contributed by atoms with Gasteiger partial charge in [-0.3, -0.25) is 0 Å². The summed E-state index contributed by atoms with van der Waals surface area (Å²) in [6.07, 6.45) is 1.35. The van der Waals surface area contributed by atoms with Crippen LogP contribution < -0.4 is 5.32 Å². The number of aryl methyl sites for hydroxylation is 2. The molecule has 1 unspecified atom stereocenters. The first-order valence-corrected chi connectivity index (χ1v) is 9.88. The standard InChI is InChI=1S/C23H25N3O3/c1-13(2)11-20(29)25-23-21(14-3-6-16(27)7-4-14)26-22-18-9-8-17(28)12-15(18)5-10-19(22)24-23/h3-4,6-9,12-13,20,27-29H,5,10-11H2,1-2H3,(H,24,25). The molecule has 1 heterocycles. The number of aliphatic hydroxyl groups is 1. The summed E-state index contributed by atoms with van der Waals surface area (Å²) >= 11 is 0. The summed E-state index contributed by atoms with van der Waals surface area (Å²) < 4.78 is 0. The maximum atomic E-state index is 10.4. The highest BCUT2D eigenvalue weighted by molar-refractivity contribution is 5.78. The molecule has 1 aliphatic rings. The molecule has 0 radical (unpaired) electrons. The van der Waals surface area contributed by atoms with Gasteiger partial charge in [0.15, 0.2) is 5.82 Å². The number of fused-ring (bicyclic) bond motifs is 3. The number of aromatic hydroxyl groups is 2. The van der Waals surface area contributed by atoms with E-state index < -0.39 is 6.23 Å². The molecule has 150 valence electrons. The molecule has 29 heavy (non-hydrogen) atoms. The lowest BCUT2D eigenvalue weighted by atomic mass is 9.91. The number of phenols is 2. The number of benzene rings is 2. The van der Waals surface area contributed by atoms with Crippen LogP contribution in [-0.4, -0.2) is 31.5 Å². The molecule has 0 amide bonds. The lowest BCUT2D eigenvalue weighted by molar-refractivity contribution is 0.175. The van der Waals surface area contributed by atoms with Crippen LogP contribution in [0.5, 0.6) is 11.5 Å². The second kappa shape index (κ2) is 7.72. The second-order valence-corrected chi connectivity index (χ2v) is 7.89. The van der Waals surface area contributed by atoms with Gasteiger partial charge >= 0.3 is 0 Å².